The number of rotatable bonds is 3. The number of aromatic nitrogens is 2. The van der Waals surface area contributed by atoms with Gasteiger partial charge < -0.3 is 14.0 Å². The summed E-state index contributed by atoms with van der Waals surface area (Å²) in [5.74, 6) is 1.95. The molecule has 8 heteroatoms. The zero-order valence-electron chi connectivity index (χ0n) is 14.1. The van der Waals surface area contributed by atoms with Crippen molar-refractivity contribution in [3.05, 3.63) is 48.3 Å². The highest BCUT2D eigenvalue weighted by atomic mass is 32.2. The van der Waals surface area contributed by atoms with E-state index in [2.05, 4.69) is 9.55 Å². The van der Waals surface area contributed by atoms with Crippen LogP contribution in [0.1, 0.15) is 11.9 Å². The molecule has 1 aromatic heterocycles. The molecule has 2 aliphatic heterocycles. The quantitative estimate of drug-likeness (QED) is 0.706. The van der Waals surface area contributed by atoms with E-state index in [0.29, 0.717) is 24.6 Å². The lowest BCUT2D eigenvalue weighted by molar-refractivity contribution is 0.174. The first-order chi connectivity index (χ1) is 12.5. The number of benzene rings is 2. The van der Waals surface area contributed by atoms with Crippen molar-refractivity contribution in [2.75, 3.05) is 19.9 Å². The third-order valence-corrected chi connectivity index (χ3v) is 6.78. The molecule has 0 radical (unpaired) electrons. The van der Waals surface area contributed by atoms with Crippen molar-refractivity contribution >= 4 is 21.1 Å². The Balaban J connectivity index is 1.41. The van der Waals surface area contributed by atoms with Crippen molar-refractivity contribution in [2.24, 2.45) is 0 Å². The van der Waals surface area contributed by atoms with Crippen molar-refractivity contribution in [3.63, 3.8) is 0 Å². The molecule has 7 nitrogen and oxygen atoms in total. The molecule has 2 aromatic carbocycles. The van der Waals surface area contributed by atoms with E-state index in [-0.39, 0.29) is 17.7 Å². The van der Waals surface area contributed by atoms with Crippen LogP contribution in [-0.4, -0.2) is 42.2 Å². The number of ether oxygens (including phenoxy) is 2. The van der Waals surface area contributed by atoms with Gasteiger partial charge in [0.15, 0.2) is 11.5 Å². The van der Waals surface area contributed by atoms with Crippen molar-refractivity contribution in [1.82, 2.24) is 13.9 Å². The van der Waals surface area contributed by atoms with Gasteiger partial charge in [-0.15, -0.1) is 0 Å². The zero-order valence-corrected chi connectivity index (χ0v) is 14.9. The van der Waals surface area contributed by atoms with E-state index in [1.165, 1.54) is 10.4 Å². The SMILES string of the molecule is Cc1nc2ccccc2n1C1CN(S(=O)(=O)c2ccc3c(c2)OCO3)C1. The molecule has 0 atom stereocenters. The fraction of sp³-hybridized carbons (Fsp3) is 0.278. The molecule has 0 amide bonds. The average Bonchev–Trinajstić information content (AvgIpc) is 3.17. The average molecular weight is 371 g/mol. The number of hydrogen-bond acceptors (Lipinski definition) is 5. The van der Waals surface area contributed by atoms with E-state index in [9.17, 15) is 8.42 Å². The fourth-order valence-electron chi connectivity index (χ4n) is 3.59. The minimum atomic E-state index is -3.55. The standard InChI is InChI=1S/C18H17N3O4S/c1-12-19-15-4-2-3-5-16(15)21(12)13-9-20(10-13)26(22,23)14-6-7-17-18(8-14)25-11-24-17/h2-8,13H,9-11H2,1H3. The molecule has 3 heterocycles. The predicted molar refractivity (Wildman–Crippen MR) is 94.8 cm³/mol. The van der Waals surface area contributed by atoms with Crippen molar-refractivity contribution in [1.29, 1.82) is 0 Å². The molecule has 1 saturated heterocycles. The molecule has 5 rings (SSSR count). The van der Waals surface area contributed by atoms with Crippen LogP contribution < -0.4 is 9.47 Å². The number of para-hydroxylation sites is 2. The minimum absolute atomic E-state index is 0.0891. The van der Waals surface area contributed by atoms with Crippen LogP contribution >= 0.6 is 0 Å². The maximum Gasteiger partial charge on any atom is 0.243 e. The second kappa shape index (κ2) is 5.46. The topological polar surface area (TPSA) is 73.7 Å². The Kier molecular flexibility index (Phi) is 3.29. The van der Waals surface area contributed by atoms with Crippen molar-refractivity contribution < 1.29 is 17.9 Å². The molecule has 134 valence electrons. The number of nitrogens with zero attached hydrogens (tertiary/aromatic N) is 3. The largest absolute Gasteiger partial charge is 0.454 e. The molecule has 26 heavy (non-hydrogen) atoms. The molecule has 0 spiro atoms. The van der Waals surface area contributed by atoms with Gasteiger partial charge in [0, 0.05) is 19.2 Å². The monoisotopic (exact) mass is 371 g/mol. The summed E-state index contributed by atoms with van der Waals surface area (Å²) in [6.45, 7) is 2.93. The van der Waals surface area contributed by atoms with Crippen molar-refractivity contribution in [2.45, 2.75) is 17.9 Å². The molecule has 1 fully saturated rings. The van der Waals surface area contributed by atoms with Crippen LogP contribution in [0.15, 0.2) is 47.4 Å². The van der Waals surface area contributed by atoms with E-state index >= 15 is 0 Å². The van der Waals surface area contributed by atoms with E-state index in [1.54, 1.807) is 12.1 Å². The molecule has 0 aliphatic carbocycles. The number of hydrogen-bond donors (Lipinski definition) is 0. The first-order valence-corrected chi connectivity index (χ1v) is 9.81. The lowest BCUT2D eigenvalue weighted by atomic mass is 10.1. The number of aryl methyl sites for hydroxylation is 1. The second-order valence-electron chi connectivity index (χ2n) is 6.51. The van der Waals surface area contributed by atoms with Gasteiger partial charge in [-0.25, -0.2) is 13.4 Å². The third-order valence-electron chi connectivity index (χ3n) is 4.95. The van der Waals surface area contributed by atoms with Gasteiger partial charge >= 0.3 is 0 Å². The summed E-state index contributed by atoms with van der Waals surface area (Å²) in [4.78, 5) is 4.79. The van der Waals surface area contributed by atoms with Gasteiger partial charge in [0.05, 0.1) is 22.0 Å². The Bertz CT molecular complexity index is 1120. The summed E-state index contributed by atoms with van der Waals surface area (Å²) < 4.78 is 39.9. The lowest BCUT2D eigenvalue weighted by Gasteiger charge is -2.39. The first kappa shape index (κ1) is 15.7. The normalized spacial score (nSPS) is 17.6. The van der Waals surface area contributed by atoms with Crippen LogP contribution in [0.25, 0.3) is 11.0 Å². The smallest absolute Gasteiger partial charge is 0.243 e. The van der Waals surface area contributed by atoms with Crippen LogP contribution in [0, 0.1) is 6.92 Å². The number of sulfonamides is 1. The second-order valence-corrected chi connectivity index (χ2v) is 8.45. The van der Waals surface area contributed by atoms with E-state index in [4.69, 9.17) is 9.47 Å². The summed E-state index contributed by atoms with van der Waals surface area (Å²) in [6, 6.07) is 12.7. The molecular weight excluding hydrogens is 354 g/mol. The molecule has 3 aromatic rings. The van der Waals surface area contributed by atoms with Crippen LogP contribution in [0.2, 0.25) is 0 Å². The van der Waals surface area contributed by atoms with Crippen LogP contribution in [0.4, 0.5) is 0 Å². The van der Waals surface area contributed by atoms with E-state index < -0.39 is 10.0 Å². The van der Waals surface area contributed by atoms with Gasteiger partial charge in [-0.1, -0.05) is 12.1 Å². The third kappa shape index (κ3) is 2.22. The van der Waals surface area contributed by atoms with Crippen LogP contribution in [-0.2, 0) is 10.0 Å². The lowest BCUT2D eigenvalue weighted by Crippen LogP contribution is -2.50. The highest BCUT2D eigenvalue weighted by Gasteiger charge is 2.39. The van der Waals surface area contributed by atoms with Gasteiger partial charge in [0.25, 0.3) is 0 Å². The maximum absolute atomic E-state index is 12.9. The summed E-state index contributed by atoms with van der Waals surface area (Å²) in [7, 11) is -3.55. The molecule has 0 bridgehead atoms. The summed E-state index contributed by atoms with van der Waals surface area (Å²) in [5, 5.41) is 0. The van der Waals surface area contributed by atoms with E-state index in [1.807, 2.05) is 31.2 Å². The molecule has 0 saturated carbocycles. The van der Waals surface area contributed by atoms with Gasteiger partial charge in [0.2, 0.25) is 16.8 Å². The maximum atomic E-state index is 12.9. The number of imidazole rings is 1. The Hall–Kier alpha value is -2.58. The summed E-state index contributed by atoms with van der Waals surface area (Å²) in [6.07, 6.45) is 0. The highest BCUT2D eigenvalue weighted by molar-refractivity contribution is 7.89. The molecule has 0 N–H and O–H groups in total. The zero-order chi connectivity index (χ0) is 17.9. The number of fused-ring (bicyclic) bond motifs is 2. The first-order valence-electron chi connectivity index (χ1n) is 8.37. The Labute approximate surface area is 150 Å². The van der Waals surface area contributed by atoms with Crippen molar-refractivity contribution in [3.8, 4) is 11.5 Å². The Morgan fingerprint density at radius 3 is 2.69 bits per heavy atom. The van der Waals surface area contributed by atoms with Crippen LogP contribution in [0.3, 0.4) is 0 Å². The van der Waals surface area contributed by atoms with Gasteiger partial charge in [-0.2, -0.15) is 4.31 Å². The molecular formula is C18H17N3O4S. The molecule has 2 aliphatic rings. The molecule has 0 unspecified atom stereocenters. The van der Waals surface area contributed by atoms with E-state index in [0.717, 1.165) is 16.9 Å². The fourth-order valence-corrected chi connectivity index (χ4v) is 5.12. The predicted octanol–water partition coefficient (Wildman–Crippen LogP) is 2.32. The Morgan fingerprint density at radius 2 is 1.85 bits per heavy atom. The van der Waals surface area contributed by atoms with Gasteiger partial charge in [0.1, 0.15) is 5.82 Å². The Morgan fingerprint density at radius 1 is 1.08 bits per heavy atom. The summed E-state index contributed by atoms with van der Waals surface area (Å²) in [5.41, 5.74) is 1.97. The van der Waals surface area contributed by atoms with Gasteiger partial charge in [-0.3, -0.25) is 0 Å². The highest BCUT2D eigenvalue weighted by Crippen LogP contribution is 2.37. The minimum Gasteiger partial charge on any atom is -0.454 e. The van der Waals surface area contributed by atoms with Crippen LogP contribution in [0.5, 0.6) is 11.5 Å². The summed E-state index contributed by atoms with van der Waals surface area (Å²) >= 11 is 0. The van der Waals surface area contributed by atoms with Gasteiger partial charge in [-0.05, 0) is 31.2 Å².